The van der Waals surface area contributed by atoms with Crippen LogP contribution in [0.4, 0.5) is 4.39 Å². The van der Waals surface area contributed by atoms with Gasteiger partial charge in [-0.3, -0.25) is 4.79 Å². The minimum atomic E-state index is -0.581. The van der Waals surface area contributed by atoms with Crippen LogP contribution in [-0.2, 0) is 4.79 Å². The quantitative estimate of drug-likeness (QED) is 0.858. The Morgan fingerprint density at radius 2 is 2.00 bits per heavy atom. The Labute approximate surface area is 113 Å². The monoisotopic (exact) mass is 268 g/mol. The van der Waals surface area contributed by atoms with E-state index >= 15 is 0 Å². The molecule has 0 aromatic heterocycles. The molecule has 3 N–H and O–H groups in total. The number of hydrogen-bond acceptors (Lipinski definition) is 3. The molecule has 1 amide bonds. The third-order valence-corrected chi connectivity index (χ3v) is 3.04. The van der Waals surface area contributed by atoms with E-state index in [9.17, 15) is 9.18 Å². The largest absolute Gasteiger partial charge is 0.496 e. The summed E-state index contributed by atoms with van der Waals surface area (Å²) in [4.78, 5) is 11.9. The molecule has 0 radical (unpaired) electrons. The molecular formula is C14H21FN2O2. The van der Waals surface area contributed by atoms with Gasteiger partial charge in [-0.1, -0.05) is 13.8 Å². The summed E-state index contributed by atoms with van der Waals surface area (Å²) in [6, 6.07) is 3.25. The van der Waals surface area contributed by atoms with Crippen molar-refractivity contribution in [1.82, 2.24) is 5.32 Å². The standard InChI is InChI=1S/C14H21FN2O2/c1-8(2)13(16)14(18)17-9(3)11-7-10(15)5-6-12(11)19-4/h5-9,13H,16H2,1-4H3,(H,17,18)/t9?,13-/m0/s1. The number of methoxy groups -OCH3 is 1. The Bertz CT molecular complexity index is 449. The number of hydrogen-bond donors (Lipinski definition) is 2. The first-order valence-corrected chi connectivity index (χ1v) is 6.26. The lowest BCUT2D eigenvalue weighted by Gasteiger charge is -2.21. The predicted octanol–water partition coefficient (Wildman–Crippen LogP) is 1.99. The molecule has 1 rings (SSSR count). The average molecular weight is 268 g/mol. The van der Waals surface area contributed by atoms with E-state index in [1.807, 2.05) is 13.8 Å². The van der Waals surface area contributed by atoms with Gasteiger partial charge in [0.15, 0.2) is 0 Å². The van der Waals surface area contributed by atoms with E-state index in [1.54, 1.807) is 6.92 Å². The number of nitrogens with two attached hydrogens (primary N) is 1. The summed E-state index contributed by atoms with van der Waals surface area (Å²) in [5, 5.41) is 2.77. The van der Waals surface area contributed by atoms with Gasteiger partial charge >= 0.3 is 0 Å². The van der Waals surface area contributed by atoms with Crippen molar-refractivity contribution in [1.29, 1.82) is 0 Å². The third-order valence-electron chi connectivity index (χ3n) is 3.04. The molecule has 2 atom stereocenters. The van der Waals surface area contributed by atoms with Gasteiger partial charge in [-0.15, -0.1) is 0 Å². The SMILES string of the molecule is COc1ccc(F)cc1C(C)NC(=O)[C@@H](N)C(C)C. The molecular weight excluding hydrogens is 247 g/mol. The lowest BCUT2D eigenvalue weighted by molar-refractivity contribution is -0.123. The first kappa shape index (κ1) is 15.4. The molecule has 0 bridgehead atoms. The van der Waals surface area contributed by atoms with Crippen molar-refractivity contribution in [2.45, 2.75) is 32.9 Å². The fraction of sp³-hybridized carbons (Fsp3) is 0.500. The van der Waals surface area contributed by atoms with Gasteiger partial charge in [-0.05, 0) is 31.0 Å². The van der Waals surface area contributed by atoms with Crippen molar-refractivity contribution >= 4 is 5.91 Å². The Hall–Kier alpha value is -1.62. The van der Waals surface area contributed by atoms with E-state index in [-0.39, 0.29) is 23.7 Å². The van der Waals surface area contributed by atoms with Crippen LogP contribution in [-0.4, -0.2) is 19.1 Å². The summed E-state index contributed by atoms with van der Waals surface area (Å²) in [5.41, 5.74) is 6.36. The molecule has 1 aromatic rings. The van der Waals surface area contributed by atoms with Gasteiger partial charge in [-0.2, -0.15) is 0 Å². The molecule has 106 valence electrons. The maximum Gasteiger partial charge on any atom is 0.237 e. The van der Waals surface area contributed by atoms with Gasteiger partial charge in [0.1, 0.15) is 11.6 Å². The number of ether oxygens (including phenoxy) is 1. The van der Waals surface area contributed by atoms with E-state index < -0.39 is 6.04 Å². The predicted molar refractivity (Wildman–Crippen MR) is 72.3 cm³/mol. The Kier molecular flexibility index (Phi) is 5.30. The van der Waals surface area contributed by atoms with Crippen LogP contribution in [0.5, 0.6) is 5.75 Å². The number of amides is 1. The minimum Gasteiger partial charge on any atom is -0.496 e. The maximum absolute atomic E-state index is 13.3. The van der Waals surface area contributed by atoms with Crippen LogP contribution in [0.3, 0.4) is 0 Å². The van der Waals surface area contributed by atoms with Crippen LogP contribution in [0.1, 0.15) is 32.4 Å². The molecule has 4 nitrogen and oxygen atoms in total. The summed E-state index contributed by atoms with van der Waals surface area (Å²) in [6.45, 7) is 5.51. The highest BCUT2D eigenvalue weighted by Gasteiger charge is 2.21. The van der Waals surface area contributed by atoms with Gasteiger partial charge < -0.3 is 15.8 Å². The second-order valence-corrected chi connectivity index (χ2v) is 4.89. The van der Waals surface area contributed by atoms with E-state index in [2.05, 4.69) is 5.32 Å². The van der Waals surface area contributed by atoms with E-state index in [4.69, 9.17) is 10.5 Å². The number of carbonyl (C=O) groups excluding carboxylic acids is 1. The zero-order valence-corrected chi connectivity index (χ0v) is 11.7. The topological polar surface area (TPSA) is 64.3 Å². The van der Waals surface area contributed by atoms with Crippen LogP contribution in [0.15, 0.2) is 18.2 Å². The summed E-state index contributed by atoms with van der Waals surface area (Å²) >= 11 is 0. The van der Waals surface area contributed by atoms with Crippen molar-refractivity contribution in [2.24, 2.45) is 11.7 Å². The Morgan fingerprint density at radius 3 is 2.53 bits per heavy atom. The summed E-state index contributed by atoms with van der Waals surface area (Å²) in [7, 11) is 1.51. The molecule has 0 fully saturated rings. The second-order valence-electron chi connectivity index (χ2n) is 4.89. The number of carbonyl (C=O) groups is 1. The van der Waals surface area contributed by atoms with Gasteiger partial charge in [-0.25, -0.2) is 4.39 Å². The highest BCUT2D eigenvalue weighted by atomic mass is 19.1. The van der Waals surface area contributed by atoms with Crippen molar-refractivity contribution in [3.8, 4) is 5.75 Å². The highest BCUT2D eigenvalue weighted by Crippen LogP contribution is 2.25. The van der Waals surface area contributed by atoms with Gasteiger partial charge in [0.05, 0.1) is 19.2 Å². The van der Waals surface area contributed by atoms with Gasteiger partial charge in [0.2, 0.25) is 5.91 Å². The molecule has 0 aliphatic carbocycles. The molecule has 1 aromatic carbocycles. The van der Waals surface area contributed by atoms with Gasteiger partial charge in [0, 0.05) is 5.56 Å². The molecule has 0 aliphatic rings. The Morgan fingerprint density at radius 1 is 1.37 bits per heavy atom. The number of halogens is 1. The van der Waals surface area contributed by atoms with Gasteiger partial charge in [0.25, 0.3) is 0 Å². The average Bonchev–Trinajstić information content (AvgIpc) is 2.37. The van der Waals surface area contributed by atoms with Crippen molar-refractivity contribution in [3.63, 3.8) is 0 Å². The molecule has 0 saturated carbocycles. The van der Waals surface area contributed by atoms with Crippen molar-refractivity contribution in [2.75, 3.05) is 7.11 Å². The second kappa shape index (κ2) is 6.52. The smallest absolute Gasteiger partial charge is 0.237 e. The lowest BCUT2D eigenvalue weighted by atomic mass is 10.0. The zero-order chi connectivity index (χ0) is 14.6. The molecule has 0 aliphatic heterocycles. The normalized spacial score (nSPS) is 14.1. The van der Waals surface area contributed by atoms with E-state index in [0.717, 1.165) is 0 Å². The number of benzene rings is 1. The number of nitrogens with one attached hydrogen (secondary N) is 1. The fourth-order valence-corrected chi connectivity index (χ4v) is 1.73. The minimum absolute atomic E-state index is 0.0432. The van der Waals surface area contributed by atoms with Crippen LogP contribution in [0, 0.1) is 11.7 Å². The van der Waals surface area contributed by atoms with Crippen LogP contribution in [0.2, 0.25) is 0 Å². The van der Waals surface area contributed by atoms with Crippen LogP contribution in [0.25, 0.3) is 0 Å². The molecule has 0 saturated heterocycles. The van der Waals surface area contributed by atoms with E-state index in [1.165, 1.54) is 25.3 Å². The first-order valence-electron chi connectivity index (χ1n) is 6.26. The molecule has 5 heteroatoms. The first-order chi connectivity index (χ1) is 8.86. The lowest BCUT2D eigenvalue weighted by Crippen LogP contribution is -2.44. The maximum atomic E-state index is 13.3. The van der Waals surface area contributed by atoms with Crippen molar-refractivity contribution < 1.29 is 13.9 Å². The highest BCUT2D eigenvalue weighted by molar-refractivity contribution is 5.82. The third kappa shape index (κ3) is 3.92. The van der Waals surface area contributed by atoms with Crippen LogP contribution >= 0.6 is 0 Å². The fourth-order valence-electron chi connectivity index (χ4n) is 1.73. The zero-order valence-electron chi connectivity index (χ0n) is 11.7. The molecule has 0 spiro atoms. The summed E-state index contributed by atoms with van der Waals surface area (Å²) in [6.07, 6.45) is 0. The van der Waals surface area contributed by atoms with Crippen LogP contribution < -0.4 is 15.8 Å². The summed E-state index contributed by atoms with van der Waals surface area (Å²) in [5.74, 6) is -0.0483. The molecule has 19 heavy (non-hydrogen) atoms. The number of rotatable bonds is 5. The van der Waals surface area contributed by atoms with E-state index in [0.29, 0.717) is 11.3 Å². The summed E-state index contributed by atoms with van der Waals surface area (Å²) < 4.78 is 18.4. The van der Waals surface area contributed by atoms with Crippen molar-refractivity contribution in [3.05, 3.63) is 29.6 Å². The Balaban J connectivity index is 2.86. The molecule has 1 unspecified atom stereocenters. The molecule has 0 heterocycles.